The highest BCUT2D eigenvalue weighted by Crippen LogP contribution is 2.28. The molecule has 1 aromatic heterocycles. The van der Waals surface area contributed by atoms with Crippen molar-refractivity contribution in [2.24, 2.45) is 0 Å². The van der Waals surface area contributed by atoms with Crippen molar-refractivity contribution in [3.05, 3.63) is 21.9 Å². The number of anilines is 1. The molecule has 0 saturated carbocycles. The fourth-order valence-corrected chi connectivity index (χ4v) is 2.53. The first-order chi connectivity index (χ1) is 7.66. The molecule has 2 heterocycles. The van der Waals surface area contributed by atoms with Crippen molar-refractivity contribution < 1.29 is 0 Å². The van der Waals surface area contributed by atoms with Crippen molar-refractivity contribution in [2.75, 3.05) is 18.4 Å². The van der Waals surface area contributed by atoms with Gasteiger partial charge in [-0.2, -0.15) is 0 Å². The second kappa shape index (κ2) is 5.21. The van der Waals surface area contributed by atoms with E-state index in [2.05, 4.69) is 15.6 Å². The largest absolute Gasteiger partial charge is 0.380 e. The first-order valence-corrected chi connectivity index (χ1v) is 6.22. The number of aryl methyl sites for hydroxylation is 1. The van der Waals surface area contributed by atoms with Gasteiger partial charge in [-0.1, -0.05) is 23.2 Å². The lowest BCUT2D eigenvalue weighted by Gasteiger charge is -2.25. The average molecular weight is 260 g/mol. The van der Waals surface area contributed by atoms with Gasteiger partial charge in [0.15, 0.2) is 5.15 Å². The first-order valence-electron chi connectivity index (χ1n) is 5.46. The van der Waals surface area contributed by atoms with Crippen LogP contribution in [0.15, 0.2) is 6.07 Å². The minimum atomic E-state index is 0.443. The smallest absolute Gasteiger partial charge is 0.154 e. The molecule has 0 aliphatic carbocycles. The van der Waals surface area contributed by atoms with Crippen LogP contribution in [0, 0.1) is 6.92 Å². The first kappa shape index (κ1) is 12.0. The monoisotopic (exact) mass is 259 g/mol. The zero-order chi connectivity index (χ0) is 11.5. The number of piperidine rings is 1. The molecule has 0 amide bonds. The molecule has 16 heavy (non-hydrogen) atoms. The summed E-state index contributed by atoms with van der Waals surface area (Å²) >= 11 is 11.9. The molecule has 2 N–H and O–H groups in total. The van der Waals surface area contributed by atoms with Gasteiger partial charge in [-0.3, -0.25) is 0 Å². The summed E-state index contributed by atoms with van der Waals surface area (Å²) in [6.07, 6.45) is 2.22. The number of hydrogen-bond donors (Lipinski definition) is 2. The van der Waals surface area contributed by atoms with E-state index in [1.165, 1.54) is 0 Å². The molecule has 2 rings (SSSR count). The fourth-order valence-electron chi connectivity index (χ4n) is 1.94. The molecule has 1 aromatic rings. The van der Waals surface area contributed by atoms with Gasteiger partial charge in [0.1, 0.15) is 5.15 Å². The van der Waals surface area contributed by atoms with Crippen molar-refractivity contribution in [1.82, 2.24) is 10.3 Å². The van der Waals surface area contributed by atoms with Crippen LogP contribution in [0.4, 0.5) is 5.69 Å². The molecule has 0 radical (unpaired) electrons. The third kappa shape index (κ3) is 2.78. The zero-order valence-corrected chi connectivity index (χ0v) is 10.7. The molecule has 1 fully saturated rings. The van der Waals surface area contributed by atoms with Gasteiger partial charge in [0.25, 0.3) is 0 Å². The minimum Gasteiger partial charge on any atom is -0.380 e. The molecule has 1 saturated heterocycles. The van der Waals surface area contributed by atoms with E-state index in [4.69, 9.17) is 23.2 Å². The van der Waals surface area contributed by atoms with E-state index in [-0.39, 0.29) is 0 Å². The molecular weight excluding hydrogens is 245 g/mol. The lowest BCUT2D eigenvalue weighted by Crippen LogP contribution is -2.35. The standard InChI is InChI=1S/C11H15Cl2N3/c1-7-6-9(12)16-11(13)10(7)15-8-2-4-14-5-3-8/h6,8,14-15H,2-5H2,1H3. The Kier molecular flexibility index (Phi) is 3.90. The SMILES string of the molecule is Cc1cc(Cl)nc(Cl)c1NC1CCNCC1. The van der Waals surface area contributed by atoms with Crippen LogP contribution in [0.2, 0.25) is 10.3 Å². The molecular formula is C11H15Cl2N3. The van der Waals surface area contributed by atoms with Gasteiger partial charge in [0.05, 0.1) is 5.69 Å². The summed E-state index contributed by atoms with van der Waals surface area (Å²) in [7, 11) is 0. The van der Waals surface area contributed by atoms with E-state index in [9.17, 15) is 0 Å². The minimum absolute atomic E-state index is 0.443. The summed E-state index contributed by atoms with van der Waals surface area (Å²) in [6, 6.07) is 2.30. The molecule has 5 heteroatoms. The van der Waals surface area contributed by atoms with Crippen LogP contribution in [0.25, 0.3) is 0 Å². The van der Waals surface area contributed by atoms with Crippen LogP contribution in [0.3, 0.4) is 0 Å². The summed E-state index contributed by atoms with van der Waals surface area (Å²) in [5, 5.41) is 7.69. The van der Waals surface area contributed by atoms with E-state index in [1.54, 1.807) is 0 Å². The Labute approximate surface area is 106 Å². The summed E-state index contributed by atoms with van der Waals surface area (Å²) in [6.45, 7) is 4.09. The quantitative estimate of drug-likeness (QED) is 0.803. The number of rotatable bonds is 2. The predicted octanol–water partition coefficient (Wildman–Crippen LogP) is 2.86. The highest BCUT2D eigenvalue weighted by atomic mass is 35.5. The Bertz CT molecular complexity index is 352. The van der Waals surface area contributed by atoms with Gasteiger partial charge in [-0.15, -0.1) is 0 Å². The second-order valence-corrected chi connectivity index (χ2v) is 4.84. The van der Waals surface area contributed by atoms with Crippen molar-refractivity contribution in [2.45, 2.75) is 25.8 Å². The Morgan fingerprint density at radius 1 is 1.38 bits per heavy atom. The molecule has 0 unspecified atom stereocenters. The Balaban J connectivity index is 2.14. The van der Waals surface area contributed by atoms with Crippen LogP contribution < -0.4 is 10.6 Å². The molecule has 0 aromatic carbocycles. The Morgan fingerprint density at radius 2 is 2.06 bits per heavy atom. The zero-order valence-electron chi connectivity index (χ0n) is 9.19. The van der Waals surface area contributed by atoms with Crippen molar-refractivity contribution in [3.8, 4) is 0 Å². The number of nitrogens with one attached hydrogen (secondary N) is 2. The maximum atomic E-state index is 6.08. The van der Waals surface area contributed by atoms with Gasteiger partial charge < -0.3 is 10.6 Å². The van der Waals surface area contributed by atoms with Gasteiger partial charge in [-0.05, 0) is 44.5 Å². The van der Waals surface area contributed by atoms with Crippen molar-refractivity contribution in [1.29, 1.82) is 0 Å². The summed E-state index contributed by atoms with van der Waals surface area (Å²) < 4.78 is 0. The lowest BCUT2D eigenvalue weighted by molar-refractivity contribution is 0.479. The van der Waals surface area contributed by atoms with Crippen LogP contribution >= 0.6 is 23.2 Å². The van der Waals surface area contributed by atoms with Gasteiger partial charge in [-0.25, -0.2) is 4.98 Å². The average Bonchev–Trinajstić information content (AvgIpc) is 2.25. The topological polar surface area (TPSA) is 37.0 Å². The van der Waals surface area contributed by atoms with Gasteiger partial charge >= 0.3 is 0 Å². The Morgan fingerprint density at radius 3 is 2.69 bits per heavy atom. The highest BCUT2D eigenvalue weighted by molar-refractivity contribution is 6.34. The molecule has 1 aliphatic rings. The third-order valence-electron chi connectivity index (χ3n) is 2.83. The second-order valence-electron chi connectivity index (χ2n) is 4.10. The van der Waals surface area contributed by atoms with E-state index in [0.717, 1.165) is 37.2 Å². The van der Waals surface area contributed by atoms with E-state index >= 15 is 0 Å². The number of halogens is 2. The van der Waals surface area contributed by atoms with E-state index in [1.807, 2.05) is 13.0 Å². The summed E-state index contributed by atoms with van der Waals surface area (Å²) in [5.74, 6) is 0. The molecule has 0 spiro atoms. The van der Waals surface area contributed by atoms with Gasteiger partial charge in [0, 0.05) is 6.04 Å². The number of hydrogen-bond acceptors (Lipinski definition) is 3. The fraction of sp³-hybridized carbons (Fsp3) is 0.545. The molecule has 1 aliphatic heterocycles. The number of aromatic nitrogens is 1. The van der Waals surface area contributed by atoms with Crippen LogP contribution in [-0.4, -0.2) is 24.1 Å². The number of nitrogens with zero attached hydrogens (tertiary/aromatic N) is 1. The lowest BCUT2D eigenvalue weighted by atomic mass is 10.1. The third-order valence-corrected chi connectivity index (χ3v) is 3.30. The van der Waals surface area contributed by atoms with E-state index < -0.39 is 0 Å². The maximum Gasteiger partial charge on any atom is 0.154 e. The maximum absolute atomic E-state index is 6.08. The van der Waals surface area contributed by atoms with Crippen LogP contribution in [-0.2, 0) is 0 Å². The number of pyridine rings is 1. The Hall–Kier alpha value is -0.510. The summed E-state index contributed by atoms with van der Waals surface area (Å²) in [5.41, 5.74) is 1.96. The predicted molar refractivity (Wildman–Crippen MR) is 68.5 cm³/mol. The molecule has 88 valence electrons. The summed E-state index contributed by atoms with van der Waals surface area (Å²) in [4.78, 5) is 4.05. The van der Waals surface area contributed by atoms with Crippen molar-refractivity contribution in [3.63, 3.8) is 0 Å². The van der Waals surface area contributed by atoms with Crippen molar-refractivity contribution >= 4 is 28.9 Å². The molecule has 0 atom stereocenters. The highest BCUT2D eigenvalue weighted by Gasteiger charge is 2.15. The molecule has 3 nitrogen and oxygen atoms in total. The normalized spacial score (nSPS) is 17.4. The van der Waals surface area contributed by atoms with Gasteiger partial charge in [0.2, 0.25) is 0 Å². The molecule has 0 bridgehead atoms. The van der Waals surface area contributed by atoms with Crippen LogP contribution in [0.1, 0.15) is 18.4 Å². The van der Waals surface area contributed by atoms with Crippen LogP contribution in [0.5, 0.6) is 0 Å². The van der Waals surface area contributed by atoms with E-state index in [0.29, 0.717) is 16.3 Å².